The van der Waals surface area contributed by atoms with Gasteiger partial charge in [0.1, 0.15) is 17.6 Å². The van der Waals surface area contributed by atoms with Crippen LogP contribution in [-0.2, 0) is 10.3 Å². The van der Waals surface area contributed by atoms with Crippen LogP contribution >= 0.6 is 0 Å². The molecule has 1 heterocycles. The van der Waals surface area contributed by atoms with Gasteiger partial charge in [-0.1, -0.05) is 5.16 Å². The molecule has 62 valence electrons. The topological polar surface area (TPSA) is 61.3 Å². The molecule has 1 unspecified atom stereocenters. The van der Waals surface area contributed by atoms with Gasteiger partial charge in [0.2, 0.25) is 0 Å². The largest absolute Gasteiger partial charge is 0.371 e. The van der Waals surface area contributed by atoms with Gasteiger partial charge in [0.05, 0.1) is 0 Å². The standard InChI is InChI=1S/C7H12N2O2/c1-7(5-8,10-2)6-3-4-11-9-6/h3-4H,5,8H2,1-2H3. The van der Waals surface area contributed by atoms with E-state index in [-0.39, 0.29) is 0 Å². The van der Waals surface area contributed by atoms with Gasteiger partial charge >= 0.3 is 0 Å². The van der Waals surface area contributed by atoms with Gasteiger partial charge in [0, 0.05) is 19.7 Å². The summed E-state index contributed by atoms with van der Waals surface area (Å²) >= 11 is 0. The van der Waals surface area contributed by atoms with Gasteiger partial charge in [0.15, 0.2) is 0 Å². The molecule has 11 heavy (non-hydrogen) atoms. The Hall–Kier alpha value is -0.870. The molecule has 0 aromatic carbocycles. The molecule has 0 aliphatic heterocycles. The highest BCUT2D eigenvalue weighted by Crippen LogP contribution is 2.20. The van der Waals surface area contributed by atoms with Crippen molar-refractivity contribution in [3.63, 3.8) is 0 Å². The molecule has 0 fully saturated rings. The minimum Gasteiger partial charge on any atom is -0.371 e. The first kappa shape index (κ1) is 8.23. The van der Waals surface area contributed by atoms with Crippen LogP contribution in [0.25, 0.3) is 0 Å². The van der Waals surface area contributed by atoms with Crippen LogP contribution in [0.2, 0.25) is 0 Å². The number of methoxy groups -OCH3 is 1. The average Bonchev–Trinajstić information content (AvgIpc) is 2.55. The second kappa shape index (κ2) is 3.02. The molecular formula is C7H12N2O2. The molecular weight excluding hydrogens is 144 g/mol. The van der Waals surface area contributed by atoms with Crippen LogP contribution in [0.1, 0.15) is 12.6 Å². The quantitative estimate of drug-likeness (QED) is 0.692. The summed E-state index contributed by atoms with van der Waals surface area (Å²) in [6.07, 6.45) is 1.50. The maximum Gasteiger partial charge on any atom is 0.124 e. The molecule has 2 N–H and O–H groups in total. The molecule has 1 atom stereocenters. The highest BCUT2D eigenvalue weighted by Gasteiger charge is 2.26. The second-order valence-corrected chi connectivity index (χ2v) is 2.52. The third kappa shape index (κ3) is 1.41. The Morgan fingerprint density at radius 2 is 2.55 bits per heavy atom. The van der Waals surface area contributed by atoms with Crippen LogP contribution in [0.3, 0.4) is 0 Å². The van der Waals surface area contributed by atoms with Crippen molar-refractivity contribution in [3.05, 3.63) is 18.0 Å². The summed E-state index contributed by atoms with van der Waals surface area (Å²) in [5.74, 6) is 0. The SMILES string of the molecule is COC(C)(CN)c1ccon1. The van der Waals surface area contributed by atoms with Crippen LogP contribution in [0, 0.1) is 0 Å². The first-order valence-electron chi connectivity index (χ1n) is 3.39. The molecule has 0 bridgehead atoms. The van der Waals surface area contributed by atoms with Crippen LogP contribution in [-0.4, -0.2) is 18.8 Å². The van der Waals surface area contributed by atoms with Crippen LogP contribution in [0.5, 0.6) is 0 Å². The molecule has 0 saturated carbocycles. The van der Waals surface area contributed by atoms with Crippen molar-refractivity contribution >= 4 is 0 Å². The number of aromatic nitrogens is 1. The van der Waals surface area contributed by atoms with E-state index in [1.54, 1.807) is 13.2 Å². The summed E-state index contributed by atoms with van der Waals surface area (Å²) in [6, 6.07) is 1.75. The van der Waals surface area contributed by atoms with Gasteiger partial charge < -0.3 is 15.0 Å². The molecule has 1 aromatic heterocycles. The lowest BCUT2D eigenvalue weighted by atomic mass is 10.0. The van der Waals surface area contributed by atoms with Crippen LogP contribution in [0.4, 0.5) is 0 Å². The Morgan fingerprint density at radius 1 is 1.82 bits per heavy atom. The highest BCUT2D eigenvalue weighted by molar-refractivity contribution is 5.07. The second-order valence-electron chi connectivity index (χ2n) is 2.52. The van der Waals surface area contributed by atoms with E-state index in [9.17, 15) is 0 Å². The zero-order valence-corrected chi connectivity index (χ0v) is 6.70. The van der Waals surface area contributed by atoms with E-state index in [1.165, 1.54) is 6.26 Å². The summed E-state index contributed by atoms with van der Waals surface area (Å²) in [5.41, 5.74) is 5.71. The summed E-state index contributed by atoms with van der Waals surface area (Å²) in [5, 5.41) is 3.75. The van der Waals surface area contributed by atoms with Crippen LogP contribution < -0.4 is 5.73 Å². The molecule has 0 saturated heterocycles. The molecule has 1 rings (SSSR count). The first-order valence-corrected chi connectivity index (χ1v) is 3.39. The normalized spacial score (nSPS) is 16.3. The van der Waals surface area contributed by atoms with Gasteiger partial charge in [-0.05, 0) is 6.92 Å². The number of rotatable bonds is 3. The maximum atomic E-state index is 5.50. The molecule has 0 amide bonds. The van der Waals surface area contributed by atoms with Crippen molar-refractivity contribution in [1.29, 1.82) is 0 Å². The minimum atomic E-state index is -0.521. The van der Waals surface area contributed by atoms with E-state index in [1.807, 2.05) is 6.92 Å². The van der Waals surface area contributed by atoms with Crippen molar-refractivity contribution in [1.82, 2.24) is 5.16 Å². The van der Waals surface area contributed by atoms with Crippen molar-refractivity contribution in [2.45, 2.75) is 12.5 Å². The fourth-order valence-corrected chi connectivity index (χ4v) is 0.778. The third-order valence-electron chi connectivity index (χ3n) is 1.82. The number of hydrogen-bond donors (Lipinski definition) is 1. The Bertz CT molecular complexity index is 204. The fourth-order valence-electron chi connectivity index (χ4n) is 0.778. The van der Waals surface area contributed by atoms with Gasteiger partial charge in [-0.25, -0.2) is 0 Å². The Morgan fingerprint density at radius 3 is 2.91 bits per heavy atom. The number of nitrogens with two attached hydrogens (primary N) is 1. The summed E-state index contributed by atoms with van der Waals surface area (Å²) in [4.78, 5) is 0. The van der Waals surface area contributed by atoms with E-state index in [0.717, 1.165) is 5.69 Å². The Labute approximate surface area is 65.3 Å². The van der Waals surface area contributed by atoms with Gasteiger partial charge in [-0.15, -0.1) is 0 Å². The predicted molar refractivity (Wildman–Crippen MR) is 39.9 cm³/mol. The van der Waals surface area contributed by atoms with Crippen LogP contribution in [0.15, 0.2) is 16.9 Å². The van der Waals surface area contributed by atoms with Gasteiger partial charge in [-0.3, -0.25) is 0 Å². The van der Waals surface area contributed by atoms with Gasteiger partial charge in [0.25, 0.3) is 0 Å². The Kier molecular flexibility index (Phi) is 2.26. The minimum absolute atomic E-state index is 0.385. The lowest BCUT2D eigenvalue weighted by Gasteiger charge is -2.22. The summed E-state index contributed by atoms with van der Waals surface area (Å²) in [7, 11) is 1.60. The van der Waals surface area contributed by atoms with Crippen molar-refractivity contribution in [3.8, 4) is 0 Å². The molecule has 4 nitrogen and oxygen atoms in total. The molecule has 0 spiro atoms. The van der Waals surface area contributed by atoms with E-state index in [2.05, 4.69) is 9.68 Å². The molecule has 0 aliphatic carbocycles. The van der Waals surface area contributed by atoms with Crippen molar-refractivity contribution < 1.29 is 9.26 Å². The van der Waals surface area contributed by atoms with E-state index in [4.69, 9.17) is 10.5 Å². The number of hydrogen-bond acceptors (Lipinski definition) is 4. The summed E-state index contributed by atoms with van der Waals surface area (Å²) < 4.78 is 9.86. The molecule has 0 aliphatic rings. The van der Waals surface area contributed by atoms with E-state index in [0.29, 0.717) is 6.54 Å². The monoisotopic (exact) mass is 156 g/mol. The maximum absolute atomic E-state index is 5.50. The predicted octanol–water partition coefficient (Wildman–Crippen LogP) is 0.495. The third-order valence-corrected chi connectivity index (χ3v) is 1.82. The molecule has 0 radical (unpaired) electrons. The first-order chi connectivity index (χ1) is 5.23. The average molecular weight is 156 g/mol. The smallest absolute Gasteiger partial charge is 0.124 e. The zero-order valence-electron chi connectivity index (χ0n) is 6.70. The number of nitrogens with zero attached hydrogens (tertiary/aromatic N) is 1. The van der Waals surface area contributed by atoms with Crippen molar-refractivity contribution in [2.75, 3.05) is 13.7 Å². The number of ether oxygens (including phenoxy) is 1. The zero-order chi connectivity index (χ0) is 8.32. The molecule has 1 aromatic rings. The fraction of sp³-hybridized carbons (Fsp3) is 0.571. The van der Waals surface area contributed by atoms with Gasteiger partial charge in [-0.2, -0.15) is 0 Å². The van der Waals surface area contributed by atoms with E-state index < -0.39 is 5.60 Å². The highest BCUT2D eigenvalue weighted by atomic mass is 16.5. The van der Waals surface area contributed by atoms with Crippen molar-refractivity contribution in [2.24, 2.45) is 5.73 Å². The Balaban J connectivity index is 2.87. The summed E-state index contributed by atoms with van der Waals surface area (Å²) in [6.45, 7) is 2.25. The van der Waals surface area contributed by atoms with E-state index >= 15 is 0 Å². The lowest BCUT2D eigenvalue weighted by Crippen LogP contribution is -2.33. The molecule has 4 heteroatoms. The lowest BCUT2D eigenvalue weighted by molar-refractivity contribution is 0.00404.